The third kappa shape index (κ3) is 2.16. The molecule has 3 heteroatoms. The first-order chi connectivity index (χ1) is 7.03. The van der Waals surface area contributed by atoms with Crippen LogP contribution in [0.5, 0.6) is 0 Å². The largest absolute Gasteiger partial charge is 0.340 e. The van der Waals surface area contributed by atoms with Crippen molar-refractivity contribution in [1.82, 2.24) is 4.90 Å². The number of amides is 1. The third-order valence-corrected chi connectivity index (χ3v) is 3.84. The van der Waals surface area contributed by atoms with Gasteiger partial charge in [-0.1, -0.05) is 13.8 Å². The van der Waals surface area contributed by atoms with Gasteiger partial charge < -0.3 is 4.90 Å². The Morgan fingerprint density at radius 1 is 1.33 bits per heavy atom. The van der Waals surface area contributed by atoms with Gasteiger partial charge in [0.2, 0.25) is 0 Å². The van der Waals surface area contributed by atoms with Crippen molar-refractivity contribution in [3.05, 3.63) is 0 Å². The molecule has 15 heavy (non-hydrogen) atoms. The Morgan fingerprint density at radius 3 is 2.27 bits per heavy atom. The fourth-order valence-electron chi connectivity index (χ4n) is 2.38. The Labute approximate surface area is 90.8 Å². The third-order valence-electron chi connectivity index (χ3n) is 3.84. The van der Waals surface area contributed by atoms with E-state index in [1.54, 1.807) is 4.90 Å². The van der Waals surface area contributed by atoms with Crippen LogP contribution < -0.4 is 0 Å². The van der Waals surface area contributed by atoms with Crippen molar-refractivity contribution in [2.24, 2.45) is 11.8 Å². The fourth-order valence-corrected chi connectivity index (χ4v) is 2.38. The van der Waals surface area contributed by atoms with E-state index in [4.69, 9.17) is 0 Å². The lowest BCUT2D eigenvalue weighted by Crippen LogP contribution is -2.44. The van der Waals surface area contributed by atoms with Crippen LogP contribution in [0.1, 0.15) is 39.5 Å². The standard InChI is InChI=1S/C12H20FNO/c1-9(2)10-3-7-14(8-4-10)11(15)12(13)5-6-12/h9-10H,3-8H2,1-2H3. The highest BCUT2D eigenvalue weighted by molar-refractivity contribution is 5.88. The van der Waals surface area contributed by atoms with E-state index in [1.807, 2.05) is 0 Å². The Bertz CT molecular complexity index is 252. The van der Waals surface area contributed by atoms with E-state index >= 15 is 0 Å². The molecule has 1 amide bonds. The van der Waals surface area contributed by atoms with Gasteiger partial charge in [0.25, 0.3) is 5.91 Å². The average molecular weight is 213 g/mol. The van der Waals surface area contributed by atoms with Crippen LogP contribution in [0.3, 0.4) is 0 Å². The molecule has 0 N–H and O–H groups in total. The van der Waals surface area contributed by atoms with Gasteiger partial charge in [-0.15, -0.1) is 0 Å². The number of hydrogen-bond donors (Lipinski definition) is 0. The summed E-state index contributed by atoms with van der Waals surface area (Å²) >= 11 is 0. The van der Waals surface area contributed by atoms with Crippen LogP contribution in [0.4, 0.5) is 4.39 Å². The van der Waals surface area contributed by atoms with Gasteiger partial charge >= 0.3 is 0 Å². The van der Waals surface area contributed by atoms with E-state index < -0.39 is 5.67 Å². The van der Waals surface area contributed by atoms with Gasteiger partial charge in [0.1, 0.15) is 0 Å². The number of carbonyl (C=O) groups is 1. The predicted octanol–water partition coefficient (Wildman–Crippen LogP) is 2.38. The molecule has 1 saturated heterocycles. The molecule has 0 unspecified atom stereocenters. The molecule has 86 valence electrons. The zero-order chi connectivity index (χ0) is 11.1. The summed E-state index contributed by atoms with van der Waals surface area (Å²) < 4.78 is 13.5. The number of halogens is 1. The van der Waals surface area contributed by atoms with Gasteiger partial charge in [0.05, 0.1) is 0 Å². The van der Waals surface area contributed by atoms with Crippen LogP contribution >= 0.6 is 0 Å². The molecular formula is C12H20FNO. The molecule has 0 spiro atoms. The maximum atomic E-state index is 13.5. The monoisotopic (exact) mass is 213 g/mol. The van der Waals surface area contributed by atoms with Crippen molar-refractivity contribution in [3.8, 4) is 0 Å². The number of nitrogens with zero attached hydrogens (tertiary/aromatic N) is 1. The SMILES string of the molecule is CC(C)C1CCN(C(=O)C2(F)CC2)CC1. The number of alkyl halides is 1. The zero-order valence-corrected chi connectivity index (χ0v) is 9.63. The number of hydrogen-bond acceptors (Lipinski definition) is 1. The number of piperidine rings is 1. The quantitative estimate of drug-likeness (QED) is 0.689. The van der Waals surface area contributed by atoms with E-state index in [1.165, 1.54) is 0 Å². The van der Waals surface area contributed by atoms with Crippen molar-refractivity contribution in [2.45, 2.75) is 45.2 Å². The van der Waals surface area contributed by atoms with Crippen LogP contribution in [-0.2, 0) is 4.79 Å². The minimum atomic E-state index is -1.47. The molecule has 0 aromatic heterocycles. The number of rotatable bonds is 2. The maximum absolute atomic E-state index is 13.5. The van der Waals surface area contributed by atoms with Gasteiger partial charge in [-0.25, -0.2) is 4.39 Å². The van der Waals surface area contributed by atoms with Gasteiger partial charge in [-0.05, 0) is 37.5 Å². The molecule has 2 fully saturated rings. The Morgan fingerprint density at radius 2 is 1.87 bits per heavy atom. The second kappa shape index (κ2) is 3.76. The van der Waals surface area contributed by atoms with Gasteiger partial charge in [0.15, 0.2) is 5.67 Å². The van der Waals surface area contributed by atoms with Crippen LogP contribution in [0, 0.1) is 11.8 Å². The van der Waals surface area contributed by atoms with Crippen LogP contribution in [0.2, 0.25) is 0 Å². The van der Waals surface area contributed by atoms with E-state index in [2.05, 4.69) is 13.8 Å². The summed E-state index contributed by atoms with van der Waals surface area (Å²) in [5, 5.41) is 0. The summed E-state index contributed by atoms with van der Waals surface area (Å²) in [5.74, 6) is 1.15. The highest BCUT2D eigenvalue weighted by atomic mass is 19.1. The molecule has 2 nitrogen and oxygen atoms in total. The molecular weight excluding hydrogens is 193 g/mol. The molecule has 1 aliphatic heterocycles. The van der Waals surface area contributed by atoms with Crippen LogP contribution in [-0.4, -0.2) is 29.6 Å². The summed E-state index contributed by atoms with van der Waals surface area (Å²) in [6, 6.07) is 0. The molecule has 1 heterocycles. The van der Waals surface area contributed by atoms with Gasteiger partial charge in [0, 0.05) is 13.1 Å². The van der Waals surface area contributed by atoms with Crippen molar-refractivity contribution in [3.63, 3.8) is 0 Å². The van der Waals surface area contributed by atoms with E-state index in [0.29, 0.717) is 24.7 Å². The van der Waals surface area contributed by atoms with Crippen LogP contribution in [0.25, 0.3) is 0 Å². The lowest BCUT2D eigenvalue weighted by atomic mass is 9.86. The molecule has 0 radical (unpaired) electrons. The fraction of sp³-hybridized carbons (Fsp3) is 0.917. The van der Waals surface area contributed by atoms with Crippen molar-refractivity contribution in [1.29, 1.82) is 0 Å². The normalized spacial score (nSPS) is 25.7. The van der Waals surface area contributed by atoms with Gasteiger partial charge in [-0.2, -0.15) is 0 Å². The first-order valence-electron chi connectivity index (χ1n) is 6.01. The lowest BCUT2D eigenvalue weighted by Gasteiger charge is -2.34. The minimum absolute atomic E-state index is 0.246. The smallest absolute Gasteiger partial charge is 0.260 e. The highest BCUT2D eigenvalue weighted by Gasteiger charge is 2.53. The molecule has 2 aliphatic rings. The first kappa shape index (κ1) is 10.9. The molecule has 1 saturated carbocycles. The van der Waals surface area contributed by atoms with E-state index in [0.717, 1.165) is 25.9 Å². The van der Waals surface area contributed by atoms with Crippen LogP contribution in [0.15, 0.2) is 0 Å². The lowest BCUT2D eigenvalue weighted by molar-refractivity contribution is -0.139. The summed E-state index contributed by atoms with van der Waals surface area (Å²) in [6.45, 7) is 5.96. The topological polar surface area (TPSA) is 20.3 Å². The van der Waals surface area contributed by atoms with E-state index in [-0.39, 0.29) is 5.91 Å². The van der Waals surface area contributed by atoms with E-state index in [9.17, 15) is 9.18 Å². The molecule has 0 aromatic carbocycles. The Kier molecular flexibility index (Phi) is 2.73. The molecule has 1 aliphatic carbocycles. The first-order valence-corrected chi connectivity index (χ1v) is 6.01. The number of likely N-dealkylation sites (tertiary alicyclic amines) is 1. The number of carbonyl (C=O) groups excluding carboxylic acids is 1. The molecule has 0 aromatic rings. The second-order valence-corrected chi connectivity index (χ2v) is 5.34. The zero-order valence-electron chi connectivity index (χ0n) is 9.63. The maximum Gasteiger partial charge on any atom is 0.260 e. The second-order valence-electron chi connectivity index (χ2n) is 5.34. The summed E-state index contributed by atoms with van der Waals surface area (Å²) in [4.78, 5) is 13.4. The van der Waals surface area contributed by atoms with Crippen molar-refractivity contribution < 1.29 is 9.18 Å². The molecule has 2 rings (SSSR count). The summed E-state index contributed by atoms with van der Waals surface area (Å²) in [5.41, 5.74) is -1.47. The van der Waals surface area contributed by atoms with Gasteiger partial charge in [-0.3, -0.25) is 4.79 Å². The van der Waals surface area contributed by atoms with Crippen molar-refractivity contribution in [2.75, 3.05) is 13.1 Å². The minimum Gasteiger partial charge on any atom is -0.340 e. The summed E-state index contributed by atoms with van der Waals surface area (Å²) in [7, 11) is 0. The molecule has 0 bridgehead atoms. The highest BCUT2D eigenvalue weighted by Crippen LogP contribution is 2.42. The molecule has 0 atom stereocenters. The Hall–Kier alpha value is -0.600. The van der Waals surface area contributed by atoms with Crippen molar-refractivity contribution >= 4 is 5.91 Å². The predicted molar refractivity (Wildman–Crippen MR) is 57.2 cm³/mol. The summed E-state index contributed by atoms with van der Waals surface area (Å²) in [6.07, 6.45) is 2.96. The average Bonchev–Trinajstić information content (AvgIpc) is 2.97. The Balaban J connectivity index is 1.85.